The van der Waals surface area contributed by atoms with E-state index in [4.69, 9.17) is 4.74 Å². The van der Waals surface area contributed by atoms with Crippen LogP contribution in [0, 0.1) is 0 Å². The predicted molar refractivity (Wildman–Crippen MR) is 109 cm³/mol. The summed E-state index contributed by atoms with van der Waals surface area (Å²) in [7, 11) is 1.24. The van der Waals surface area contributed by atoms with E-state index in [1.807, 2.05) is 0 Å². The molecule has 10 nitrogen and oxygen atoms in total. The van der Waals surface area contributed by atoms with E-state index in [2.05, 4.69) is 34.7 Å². The number of benzene rings is 1. The van der Waals surface area contributed by atoms with Gasteiger partial charge in [-0.1, -0.05) is 11.2 Å². The fourth-order valence-electron chi connectivity index (χ4n) is 2.94. The molecule has 4 rings (SSSR count). The number of fused-ring (bicyclic) bond motifs is 1. The van der Waals surface area contributed by atoms with Crippen molar-refractivity contribution in [3.05, 3.63) is 65.9 Å². The van der Waals surface area contributed by atoms with Crippen LogP contribution in [0.3, 0.4) is 0 Å². The van der Waals surface area contributed by atoms with E-state index < -0.39 is 24.1 Å². The first-order valence-electron chi connectivity index (χ1n) is 9.52. The molecular weight excluding hydrogens is 459 g/mol. The number of hydrogen-bond acceptors (Lipinski definition) is 9. The number of esters is 1. The molecule has 0 atom stereocenters. The first kappa shape index (κ1) is 22.6. The van der Waals surface area contributed by atoms with Crippen molar-refractivity contribution in [2.24, 2.45) is 0 Å². The summed E-state index contributed by atoms with van der Waals surface area (Å²) in [4.78, 5) is 35.2. The molecule has 0 unspecified atom stereocenters. The Bertz CT molecular complexity index is 1360. The van der Waals surface area contributed by atoms with E-state index in [1.54, 1.807) is 18.2 Å². The van der Waals surface area contributed by atoms with Crippen molar-refractivity contribution in [3.63, 3.8) is 0 Å². The van der Waals surface area contributed by atoms with Crippen molar-refractivity contribution in [1.82, 2.24) is 20.1 Å². The summed E-state index contributed by atoms with van der Waals surface area (Å²) in [6, 6.07) is 9.06. The number of rotatable bonds is 5. The van der Waals surface area contributed by atoms with Crippen LogP contribution in [0.2, 0.25) is 0 Å². The zero-order valence-corrected chi connectivity index (χ0v) is 17.3. The molecule has 0 radical (unpaired) electrons. The highest BCUT2D eigenvalue weighted by Crippen LogP contribution is 2.33. The fourth-order valence-corrected chi connectivity index (χ4v) is 2.94. The van der Waals surface area contributed by atoms with Crippen LogP contribution >= 0.6 is 0 Å². The van der Waals surface area contributed by atoms with Gasteiger partial charge in [0.05, 0.1) is 18.3 Å². The van der Waals surface area contributed by atoms with Gasteiger partial charge in [-0.25, -0.2) is 14.6 Å². The van der Waals surface area contributed by atoms with Crippen LogP contribution in [0.15, 0.2) is 53.3 Å². The molecule has 0 aliphatic rings. The second kappa shape index (κ2) is 9.13. The fraction of sp³-hybridized carbons (Fsp3) is 0.143. The lowest BCUT2D eigenvalue weighted by Gasteiger charge is -2.11. The minimum absolute atomic E-state index is 0.110. The minimum atomic E-state index is -4.78. The molecule has 3 heterocycles. The molecule has 0 saturated heterocycles. The van der Waals surface area contributed by atoms with E-state index in [0.29, 0.717) is 16.6 Å². The van der Waals surface area contributed by atoms with Gasteiger partial charge in [-0.2, -0.15) is 18.2 Å². The van der Waals surface area contributed by atoms with Crippen molar-refractivity contribution in [1.29, 1.82) is 0 Å². The molecule has 174 valence electrons. The summed E-state index contributed by atoms with van der Waals surface area (Å²) in [5.41, 5.74) is 1.37. The maximum Gasteiger partial charge on any atom is 0.471 e. The molecule has 1 amide bonds. The molecule has 34 heavy (non-hydrogen) atoms. The van der Waals surface area contributed by atoms with Crippen molar-refractivity contribution < 1.29 is 36.8 Å². The summed E-state index contributed by atoms with van der Waals surface area (Å²) in [5, 5.41) is 6.36. The van der Waals surface area contributed by atoms with E-state index in [0.717, 1.165) is 0 Å². The van der Waals surface area contributed by atoms with Crippen LogP contribution in [0.5, 0.6) is 0 Å². The summed E-state index contributed by atoms with van der Waals surface area (Å²) >= 11 is 0. The summed E-state index contributed by atoms with van der Waals surface area (Å²) in [5.74, 6) is -2.37. The highest BCUT2D eigenvalue weighted by Gasteiger charge is 2.38. The Morgan fingerprint density at radius 3 is 2.62 bits per heavy atom. The van der Waals surface area contributed by atoms with Gasteiger partial charge >= 0.3 is 24.1 Å². The van der Waals surface area contributed by atoms with Crippen LogP contribution < -0.4 is 5.32 Å². The van der Waals surface area contributed by atoms with E-state index >= 15 is 0 Å². The molecule has 0 spiro atoms. The molecule has 0 bridgehead atoms. The van der Waals surface area contributed by atoms with Crippen molar-refractivity contribution in [2.45, 2.75) is 12.8 Å². The number of halogens is 3. The number of carbonyl (C=O) groups excluding carboxylic acids is 2. The minimum Gasteiger partial charge on any atom is -0.464 e. The topological polar surface area (TPSA) is 129 Å². The van der Waals surface area contributed by atoms with Crippen LogP contribution in [0.4, 0.5) is 23.7 Å². The third-order valence-electron chi connectivity index (χ3n) is 4.51. The third-order valence-corrected chi connectivity index (χ3v) is 4.51. The van der Waals surface area contributed by atoms with Crippen LogP contribution in [-0.4, -0.2) is 39.3 Å². The van der Waals surface area contributed by atoms with Crippen LogP contribution in [-0.2, 0) is 22.3 Å². The number of ether oxygens (including phenoxy) is 2. The van der Waals surface area contributed by atoms with Crippen molar-refractivity contribution >= 4 is 28.7 Å². The number of hydrogen-bond donors (Lipinski definition) is 1. The number of alkyl halides is 3. The lowest BCUT2D eigenvalue weighted by atomic mass is 10.1. The molecule has 1 aromatic carbocycles. The highest BCUT2D eigenvalue weighted by molar-refractivity contribution is 6.03. The smallest absolute Gasteiger partial charge is 0.464 e. The molecule has 3 aromatic heterocycles. The van der Waals surface area contributed by atoms with E-state index in [9.17, 15) is 22.8 Å². The number of anilines is 1. The number of methoxy groups -OCH3 is 1. The Hall–Kier alpha value is -4.55. The molecule has 4 aromatic rings. The monoisotopic (exact) mass is 473 g/mol. The number of amides is 1. The molecule has 0 saturated carbocycles. The summed E-state index contributed by atoms with van der Waals surface area (Å²) in [6.45, 7) is -0.127. The number of nitrogens with zero attached hydrogens (tertiary/aromatic N) is 4. The number of pyridine rings is 2. The lowest BCUT2D eigenvalue weighted by Crippen LogP contribution is -2.14. The lowest BCUT2D eigenvalue weighted by molar-refractivity contribution is -0.159. The molecule has 0 fully saturated rings. The Morgan fingerprint density at radius 1 is 1.12 bits per heavy atom. The molecular formula is C21H14F3N5O5. The van der Waals surface area contributed by atoms with Gasteiger partial charge in [0.25, 0.3) is 0 Å². The first-order valence-corrected chi connectivity index (χ1v) is 9.52. The standard InChI is InChI=1S/C21H14F3N5O5/c1-32-18(30)15-6-4-11(9-26-15)10-33-20(31)27-14-7-5-13(16-12(14)3-2-8-25-16)17-28-19(34-29-17)21(22,23)24/h2-9H,10H2,1H3,(H,27,31). The van der Waals surface area contributed by atoms with Gasteiger partial charge in [0.15, 0.2) is 0 Å². The second-order valence-corrected chi connectivity index (χ2v) is 6.73. The number of nitrogens with one attached hydrogen (secondary N) is 1. The highest BCUT2D eigenvalue weighted by atomic mass is 19.4. The van der Waals surface area contributed by atoms with Crippen molar-refractivity contribution in [3.8, 4) is 11.4 Å². The Morgan fingerprint density at radius 2 is 1.94 bits per heavy atom. The van der Waals surface area contributed by atoms with Gasteiger partial charge < -0.3 is 14.0 Å². The largest absolute Gasteiger partial charge is 0.471 e. The molecule has 13 heteroatoms. The zero-order chi connectivity index (χ0) is 24.3. The Balaban J connectivity index is 1.50. The van der Waals surface area contributed by atoms with Gasteiger partial charge in [0.2, 0.25) is 5.82 Å². The van der Waals surface area contributed by atoms with E-state index in [-0.39, 0.29) is 29.2 Å². The summed E-state index contributed by atoms with van der Waals surface area (Å²) < 4.78 is 52.5. The Kier molecular flexibility index (Phi) is 6.08. The van der Waals surface area contributed by atoms with E-state index in [1.165, 1.54) is 37.7 Å². The SMILES string of the molecule is COC(=O)c1ccc(COC(=O)Nc2ccc(-c3noc(C(F)(F)F)n3)c3ncccc23)cn1. The van der Waals surface area contributed by atoms with Gasteiger partial charge in [0.1, 0.15) is 12.3 Å². The molecule has 1 N–H and O–H groups in total. The number of aromatic nitrogens is 4. The van der Waals surface area contributed by atoms with Gasteiger partial charge in [0, 0.05) is 28.9 Å². The third kappa shape index (κ3) is 4.77. The maximum absolute atomic E-state index is 12.8. The molecule has 0 aliphatic heterocycles. The predicted octanol–water partition coefficient (Wildman–Crippen LogP) is 4.23. The molecule has 0 aliphatic carbocycles. The quantitative estimate of drug-likeness (QED) is 0.423. The average molecular weight is 473 g/mol. The van der Waals surface area contributed by atoms with Gasteiger partial charge in [-0.05, 0) is 30.3 Å². The average Bonchev–Trinajstić information content (AvgIpc) is 3.34. The van der Waals surface area contributed by atoms with Crippen molar-refractivity contribution in [2.75, 3.05) is 12.4 Å². The van der Waals surface area contributed by atoms with Gasteiger partial charge in [-0.15, -0.1) is 0 Å². The van der Waals surface area contributed by atoms with Crippen LogP contribution in [0.25, 0.3) is 22.3 Å². The first-order chi connectivity index (χ1) is 16.3. The van der Waals surface area contributed by atoms with Crippen LogP contribution in [0.1, 0.15) is 21.9 Å². The van der Waals surface area contributed by atoms with Gasteiger partial charge in [-0.3, -0.25) is 10.3 Å². The zero-order valence-electron chi connectivity index (χ0n) is 17.3. The summed E-state index contributed by atoms with van der Waals surface area (Å²) in [6.07, 6.45) is -2.78. The maximum atomic E-state index is 12.8. The Labute approximate surface area is 188 Å². The normalized spacial score (nSPS) is 11.3. The number of carbonyl (C=O) groups is 2. The second-order valence-electron chi connectivity index (χ2n) is 6.73.